The van der Waals surface area contributed by atoms with Gasteiger partial charge in [-0.1, -0.05) is 0 Å². The second kappa shape index (κ2) is 6.32. The average Bonchev–Trinajstić information content (AvgIpc) is 3.20. The summed E-state index contributed by atoms with van der Waals surface area (Å²) in [6, 6.07) is 4.01. The van der Waals surface area contributed by atoms with E-state index in [9.17, 15) is 14.6 Å². The van der Waals surface area contributed by atoms with Gasteiger partial charge in [0.25, 0.3) is 0 Å². The van der Waals surface area contributed by atoms with Gasteiger partial charge >= 0.3 is 0 Å². The van der Waals surface area contributed by atoms with Crippen LogP contribution in [0.3, 0.4) is 0 Å². The molecule has 4 nitrogen and oxygen atoms in total. The molecule has 1 aromatic rings. The minimum Gasteiger partial charge on any atom is -0.493 e. The number of halogens is 1. The van der Waals surface area contributed by atoms with E-state index in [1.807, 2.05) is 0 Å². The first-order valence-corrected chi connectivity index (χ1v) is 6.54. The van der Waals surface area contributed by atoms with Crippen molar-refractivity contribution in [1.29, 1.82) is 0 Å². The molecule has 0 heterocycles. The summed E-state index contributed by atoms with van der Waals surface area (Å²) in [6.07, 6.45) is 0.135. The van der Waals surface area contributed by atoms with Gasteiger partial charge in [0, 0.05) is 12.1 Å². The number of likely N-dealkylation sites (N-methyl/N-ethyl adjacent to an activating group) is 1. The van der Waals surface area contributed by atoms with Crippen molar-refractivity contribution in [2.75, 3.05) is 20.2 Å². The van der Waals surface area contributed by atoms with Crippen molar-refractivity contribution in [2.24, 2.45) is 5.92 Å². The molecule has 19 heavy (non-hydrogen) atoms. The topological polar surface area (TPSA) is 61.7 Å². The normalized spacial score (nSPS) is 18.1. The van der Waals surface area contributed by atoms with Gasteiger partial charge in [-0.05, 0) is 44.0 Å². The van der Waals surface area contributed by atoms with Crippen LogP contribution in [0.2, 0.25) is 0 Å². The van der Waals surface area contributed by atoms with Crippen molar-refractivity contribution in [3.8, 4) is 5.75 Å². The summed E-state index contributed by atoms with van der Waals surface area (Å²) >= 11 is 0. The minimum absolute atomic E-state index is 0.222. The van der Waals surface area contributed by atoms with E-state index in [2.05, 4.69) is 5.32 Å². The maximum absolute atomic E-state index is 13.3. The molecule has 0 aliphatic heterocycles. The molecule has 2 atom stereocenters. The summed E-state index contributed by atoms with van der Waals surface area (Å²) in [5, 5.41) is 22.6. The number of hydrogen-bond acceptors (Lipinski definition) is 4. The van der Waals surface area contributed by atoms with Crippen LogP contribution in [0.1, 0.15) is 24.5 Å². The predicted octanol–water partition coefficient (Wildman–Crippen LogP) is 1.23. The summed E-state index contributed by atoms with van der Waals surface area (Å²) in [4.78, 5) is 0. The van der Waals surface area contributed by atoms with Gasteiger partial charge in [-0.3, -0.25) is 0 Å². The van der Waals surface area contributed by atoms with Gasteiger partial charge in [0.2, 0.25) is 0 Å². The van der Waals surface area contributed by atoms with Crippen molar-refractivity contribution >= 4 is 0 Å². The van der Waals surface area contributed by atoms with Crippen LogP contribution in [0.4, 0.5) is 4.39 Å². The van der Waals surface area contributed by atoms with Gasteiger partial charge < -0.3 is 20.3 Å². The Hall–Kier alpha value is -1.17. The Bertz CT molecular complexity index is 423. The van der Waals surface area contributed by atoms with Crippen molar-refractivity contribution in [3.05, 3.63) is 29.6 Å². The van der Waals surface area contributed by atoms with E-state index in [-0.39, 0.29) is 6.54 Å². The zero-order chi connectivity index (χ0) is 13.8. The van der Waals surface area contributed by atoms with Crippen LogP contribution in [0.25, 0.3) is 0 Å². The fourth-order valence-corrected chi connectivity index (χ4v) is 1.90. The number of ether oxygens (including phenoxy) is 1. The van der Waals surface area contributed by atoms with Crippen molar-refractivity contribution in [3.63, 3.8) is 0 Å². The molecule has 1 fully saturated rings. The quantitative estimate of drug-likeness (QED) is 0.696. The van der Waals surface area contributed by atoms with Gasteiger partial charge in [0.05, 0.1) is 12.7 Å². The second-order valence-electron chi connectivity index (χ2n) is 5.01. The van der Waals surface area contributed by atoms with Crippen LogP contribution in [0.15, 0.2) is 18.2 Å². The Morgan fingerprint density at radius 1 is 1.42 bits per heavy atom. The highest BCUT2D eigenvalue weighted by molar-refractivity contribution is 5.36. The van der Waals surface area contributed by atoms with E-state index in [1.54, 1.807) is 7.05 Å². The molecule has 0 amide bonds. The van der Waals surface area contributed by atoms with E-state index >= 15 is 0 Å². The third-order valence-electron chi connectivity index (χ3n) is 3.24. The Morgan fingerprint density at radius 3 is 2.79 bits per heavy atom. The molecule has 106 valence electrons. The number of aliphatic hydroxyl groups excluding tert-OH is 2. The van der Waals surface area contributed by atoms with Crippen LogP contribution in [0, 0.1) is 11.7 Å². The second-order valence-corrected chi connectivity index (χ2v) is 5.01. The SMILES string of the molecule is CNCC(O)C(O)c1cc(F)ccc1OCC1CC1. The molecule has 0 spiro atoms. The zero-order valence-corrected chi connectivity index (χ0v) is 11.0. The third kappa shape index (κ3) is 3.89. The molecule has 2 unspecified atom stereocenters. The minimum atomic E-state index is -1.17. The number of aliphatic hydroxyl groups is 2. The fourth-order valence-electron chi connectivity index (χ4n) is 1.90. The molecule has 1 aliphatic rings. The monoisotopic (exact) mass is 269 g/mol. The van der Waals surface area contributed by atoms with E-state index in [0.29, 0.717) is 23.8 Å². The molecule has 0 aromatic heterocycles. The van der Waals surface area contributed by atoms with Gasteiger partial charge in [-0.2, -0.15) is 0 Å². The van der Waals surface area contributed by atoms with Crippen LogP contribution in [0.5, 0.6) is 5.75 Å². The Kier molecular flexibility index (Phi) is 4.74. The van der Waals surface area contributed by atoms with E-state index in [0.717, 1.165) is 12.8 Å². The lowest BCUT2D eigenvalue weighted by atomic mass is 10.0. The maximum atomic E-state index is 13.3. The maximum Gasteiger partial charge on any atom is 0.125 e. The first-order valence-electron chi connectivity index (χ1n) is 6.54. The van der Waals surface area contributed by atoms with Crippen LogP contribution in [-0.2, 0) is 0 Å². The summed E-state index contributed by atoms with van der Waals surface area (Å²) in [5.41, 5.74) is 0.295. The van der Waals surface area contributed by atoms with Crippen LogP contribution < -0.4 is 10.1 Å². The number of nitrogens with one attached hydrogen (secondary N) is 1. The van der Waals surface area contributed by atoms with Gasteiger partial charge in [-0.15, -0.1) is 0 Å². The lowest BCUT2D eigenvalue weighted by Gasteiger charge is -2.20. The molecule has 5 heteroatoms. The summed E-state index contributed by atoms with van der Waals surface area (Å²) in [7, 11) is 1.67. The largest absolute Gasteiger partial charge is 0.493 e. The molecule has 1 saturated carbocycles. The first kappa shape index (κ1) is 14.2. The molecule has 1 aliphatic carbocycles. The van der Waals surface area contributed by atoms with E-state index < -0.39 is 18.0 Å². The van der Waals surface area contributed by atoms with E-state index in [4.69, 9.17) is 4.74 Å². The lowest BCUT2D eigenvalue weighted by Crippen LogP contribution is -2.30. The number of hydrogen-bond donors (Lipinski definition) is 3. The molecule has 3 N–H and O–H groups in total. The highest BCUT2D eigenvalue weighted by Crippen LogP contribution is 2.32. The van der Waals surface area contributed by atoms with Crippen molar-refractivity contribution in [1.82, 2.24) is 5.32 Å². The Morgan fingerprint density at radius 2 is 2.16 bits per heavy atom. The average molecular weight is 269 g/mol. The van der Waals surface area contributed by atoms with Crippen LogP contribution >= 0.6 is 0 Å². The van der Waals surface area contributed by atoms with E-state index in [1.165, 1.54) is 18.2 Å². The lowest BCUT2D eigenvalue weighted by molar-refractivity contribution is 0.0183. The first-order chi connectivity index (χ1) is 9.11. The summed E-state index contributed by atoms with van der Waals surface area (Å²) < 4.78 is 18.9. The van der Waals surface area contributed by atoms with Gasteiger partial charge in [0.15, 0.2) is 0 Å². The molecule has 2 rings (SSSR count). The smallest absolute Gasteiger partial charge is 0.125 e. The fraction of sp³-hybridized carbons (Fsp3) is 0.571. The molecule has 0 bridgehead atoms. The van der Waals surface area contributed by atoms with Crippen molar-refractivity contribution < 1.29 is 19.3 Å². The standard InChI is InChI=1S/C14H20FNO3/c1-16-7-12(17)14(18)11-6-10(15)4-5-13(11)19-8-9-2-3-9/h4-6,9,12,14,16-18H,2-3,7-8H2,1H3. The highest BCUT2D eigenvalue weighted by atomic mass is 19.1. The Labute approximate surface area is 112 Å². The predicted molar refractivity (Wildman–Crippen MR) is 69.5 cm³/mol. The zero-order valence-electron chi connectivity index (χ0n) is 11.0. The number of rotatable bonds is 7. The van der Waals surface area contributed by atoms with Gasteiger partial charge in [-0.25, -0.2) is 4.39 Å². The third-order valence-corrected chi connectivity index (χ3v) is 3.24. The molecule has 1 aromatic carbocycles. The Balaban J connectivity index is 2.12. The van der Waals surface area contributed by atoms with Gasteiger partial charge in [0.1, 0.15) is 17.7 Å². The molecule has 0 radical (unpaired) electrons. The molecular formula is C14H20FNO3. The molecule has 0 saturated heterocycles. The van der Waals surface area contributed by atoms with Crippen LogP contribution in [-0.4, -0.2) is 36.5 Å². The summed E-state index contributed by atoms with van der Waals surface area (Å²) in [6.45, 7) is 0.799. The van der Waals surface area contributed by atoms with Crippen molar-refractivity contribution in [2.45, 2.75) is 25.0 Å². The summed E-state index contributed by atoms with van der Waals surface area (Å²) in [5.74, 6) is 0.553. The number of benzene rings is 1. The highest BCUT2D eigenvalue weighted by Gasteiger charge is 2.25. The molecular weight excluding hydrogens is 249 g/mol.